The molecule has 0 aliphatic rings. The van der Waals surface area contributed by atoms with Crippen molar-refractivity contribution in [3.05, 3.63) is 51.5 Å². The minimum atomic E-state index is 1.05. The van der Waals surface area contributed by atoms with E-state index in [4.69, 9.17) is 0 Å². The van der Waals surface area contributed by atoms with E-state index in [-0.39, 0.29) is 0 Å². The second-order valence-corrected chi connectivity index (χ2v) is 5.09. The van der Waals surface area contributed by atoms with Crippen molar-refractivity contribution in [2.75, 3.05) is 0 Å². The molecular weight excluding hydrogens is 214 g/mol. The van der Waals surface area contributed by atoms with Crippen LogP contribution in [-0.2, 0) is 19.3 Å². The number of aryl methyl sites for hydroxylation is 4. The molecule has 2 heteroatoms. The lowest BCUT2D eigenvalue weighted by molar-refractivity contribution is 0.918. The van der Waals surface area contributed by atoms with Crippen LogP contribution in [0.1, 0.15) is 28.8 Å². The highest BCUT2D eigenvalue weighted by atomic mass is 32.1. The van der Waals surface area contributed by atoms with Gasteiger partial charge in [-0.3, -0.25) is 0 Å². The van der Waals surface area contributed by atoms with Gasteiger partial charge in [0.05, 0.1) is 10.7 Å². The van der Waals surface area contributed by atoms with Crippen LogP contribution in [0.2, 0.25) is 0 Å². The molecule has 0 fully saturated rings. The minimum absolute atomic E-state index is 1.05. The van der Waals surface area contributed by atoms with Crippen LogP contribution in [-0.4, -0.2) is 4.98 Å². The summed E-state index contributed by atoms with van der Waals surface area (Å²) in [4.78, 5) is 4.48. The van der Waals surface area contributed by atoms with Crippen LogP contribution < -0.4 is 0 Å². The lowest BCUT2D eigenvalue weighted by atomic mass is 10.1. The highest BCUT2D eigenvalue weighted by Gasteiger charge is 1.99. The Morgan fingerprint density at radius 3 is 2.31 bits per heavy atom. The number of aromatic nitrogens is 1. The summed E-state index contributed by atoms with van der Waals surface area (Å²) in [5, 5.41) is 3.33. The van der Waals surface area contributed by atoms with Gasteiger partial charge >= 0.3 is 0 Å². The number of hydrogen-bond donors (Lipinski definition) is 0. The molecule has 0 aliphatic carbocycles. The molecule has 1 aromatic carbocycles. The molecule has 0 saturated carbocycles. The Morgan fingerprint density at radius 2 is 1.75 bits per heavy atom. The molecule has 0 unspecified atom stereocenters. The number of nitrogens with zero attached hydrogens (tertiary/aromatic N) is 1. The summed E-state index contributed by atoms with van der Waals surface area (Å²) in [6, 6.07) is 8.92. The van der Waals surface area contributed by atoms with Crippen molar-refractivity contribution in [3.8, 4) is 0 Å². The normalized spacial score (nSPS) is 10.6. The molecule has 0 spiro atoms. The van der Waals surface area contributed by atoms with Gasteiger partial charge in [-0.2, -0.15) is 0 Å². The summed E-state index contributed by atoms with van der Waals surface area (Å²) < 4.78 is 0. The topological polar surface area (TPSA) is 12.9 Å². The first-order valence-electron chi connectivity index (χ1n) is 5.76. The van der Waals surface area contributed by atoms with E-state index in [0.29, 0.717) is 0 Å². The minimum Gasteiger partial charge on any atom is -0.247 e. The van der Waals surface area contributed by atoms with Crippen LogP contribution in [0.25, 0.3) is 0 Å². The smallest absolute Gasteiger partial charge is 0.0897 e. The van der Waals surface area contributed by atoms with Gasteiger partial charge in [0.2, 0.25) is 0 Å². The summed E-state index contributed by atoms with van der Waals surface area (Å²) in [5.41, 5.74) is 4.04. The molecule has 0 N–H and O–H groups in total. The average Bonchev–Trinajstić information content (AvgIpc) is 2.73. The molecule has 1 nitrogen and oxygen atoms in total. The maximum atomic E-state index is 4.48. The molecule has 2 aromatic rings. The van der Waals surface area contributed by atoms with Gasteiger partial charge in [-0.1, -0.05) is 31.2 Å². The first kappa shape index (κ1) is 11.3. The van der Waals surface area contributed by atoms with Crippen molar-refractivity contribution in [1.29, 1.82) is 0 Å². The summed E-state index contributed by atoms with van der Waals surface area (Å²) >= 11 is 1.73. The van der Waals surface area contributed by atoms with Gasteiger partial charge in [0, 0.05) is 5.38 Å². The van der Waals surface area contributed by atoms with E-state index in [1.807, 2.05) is 0 Å². The number of hydrogen-bond acceptors (Lipinski definition) is 2. The molecule has 0 bridgehead atoms. The second-order valence-electron chi connectivity index (χ2n) is 4.03. The molecule has 84 valence electrons. The van der Waals surface area contributed by atoms with Gasteiger partial charge in [-0.05, 0) is 37.3 Å². The summed E-state index contributed by atoms with van der Waals surface area (Å²) in [5.74, 6) is 0. The third-order valence-corrected chi connectivity index (χ3v) is 3.59. The van der Waals surface area contributed by atoms with E-state index in [1.165, 1.54) is 16.8 Å². The molecule has 1 heterocycles. The van der Waals surface area contributed by atoms with Crippen LogP contribution in [0.4, 0.5) is 0 Å². The Bertz CT molecular complexity index is 442. The molecule has 1 aromatic heterocycles. The van der Waals surface area contributed by atoms with E-state index in [0.717, 1.165) is 24.3 Å². The van der Waals surface area contributed by atoms with Gasteiger partial charge in [0.25, 0.3) is 0 Å². The number of benzene rings is 1. The van der Waals surface area contributed by atoms with Crippen LogP contribution in [0.3, 0.4) is 0 Å². The quantitative estimate of drug-likeness (QED) is 0.780. The van der Waals surface area contributed by atoms with Crippen LogP contribution in [0.15, 0.2) is 29.6 Å². The predicted octanol–water partition coefficient (Wildman–Crippen LogP) is 3.80. The fourth-order valence-electron chi connectivity index (χ4n) is 1.74. The second kappa shape index (κ2) is 5.26. The van der Waals surface area contributed by atoms with E-state index in [1.54, 1.807) is 11.3 Å². The fourth-order valence-corrected chi connectivity index (χ4v) is 2.38. The molecule has 0 saturated heterocycles. The Kier molecular flexibility index (Phi) is 3.73. The highest BCUT2D eigenvalue weighted by Crippen LogP contribution is 2.12. The fraction of sp³-hybridized carbons (Fsp3) is 0.357. The van der Waals surface area contributed by atoms with Crippen molar-refractivity contribution < 1.29 is 0 Å². The molecule has 16 heavy (non-hydrogen) atoms. The molecule has 0 atom stereocenters. The number of rotatable bonds is 4. The number of thiazole rings is 1. The lowest BCUT2D eigenvalue weighted by Crippen LogP contribution is -1.92. The maximum Gasteiger partial charge on any atom is 0.0897 e. The van der Waals surface area contributed by atoms with Crippen LogP contribution >= 0.6 is 11.3 Å². The van der Waals surface area contributed by atoms with Gasteiger partial charge < -0.3 is 0 Å². The third-order valence-electron chi connectivity index (χ3n) is 2.77. The van der Waals surface area contributed by atoms with Gasteiger partial charge in [-0.25, -0.2) is 4.98 Å². The van der Waals surface area contributed by atoms with E-state index in [2.05, 4.69) is 48.5 Å². The molecule has 0 amide bonds. The SMILES string of the molecule is CCc1ccc(CCc2csc(C)n2)cc1. The van der Waals surface area contributed by atoms with E-state index < -0.39 is 0 Å². The van der Waals surface area contributed by atoms with Crippen molar-refractivity contribution >= 4 is 11.3 Å². The molecular formula is C14H17NS. The van der Waals surface area contributed by atoms with E-state index >= 15 is 0 Å². The summed E-state index contributed by atoms with van der Waals surface area (Å²) in [7, 11) is 0. The molecule has 0 radical (unpaired) electrons. The van der Waals surface area contributed by atoms with Gasteiger partial charge in [0.15, 0.2) is 0 Å². The Morgan fingerprint density at radius 1 is 1.06 bits per heavy atom. The van der Waals surface area contributed by atoms with Crippen molar-refractivity contribution in [1.82, 2.24) is 4.98 Å². The Hall–Kier alpha value is -1.15. The summed E-state index contributed by atoms with van der Waals surface area (Å²) in [6.45, 7) is 4.25. The van der Waals surface area contributed by atoms with Crippen LogP contribution in [0.5, 0.6) is 0 Å². The van der Waals surface area contributed by atoms with Crippen LogP contribution in [0, 0.1) is 6.92 Å². The predicted molar refractivity (Wildman–Crippen MR) is 70.1 cm³/mol. The van der Waals surface area contributed by atoms with Gasteiger partial charge in [0.1, 0.15) is 0 Å². The largest absolute Gasteiger partial charge is 0.247 e. The Balaban J connectivity index is 1.94. The Labute approximate surface area is 101 Å². The van der Waals surface area contributed by atoms with E-state index in [9.17, 15) is 0 Å². The highest BCUT2D eigenvalue weighted by molar-refractivity contribution is 7.09. The van der Waals surface area contributed by atoms with Crippen molar-refractivity contribution in [3.63, 3.8) is 0 Å². The van der Waals surface area contributed by atoms with Gasteiger partial charge in [-0.15, -0.1) is 11.3 Å². The standard InChI is InChI=1S/C14H17NS/c1-3-12-4-6-13(7-5-12)8-9-14-10-16-11(2)15-14/h4-7,10H,3,8-9H2,1-2H3. The maximum absolute atomic E-state index is 4.48. The first-order chi connectivity index (χ1) is 7.78. The summed E-state index contributed by atoms with van der Waals surface area (Å²) in [6.07, 6.45) is 3.26. The average molecular weight is 231 g/mol. The first-order valence-corrected chi connectivity index (χ1v) is 6.64. The molecule has 2 rings (SSSR count). The lowest BCUT2D eigenvalue weighted by Gasteiger charge is -2.01. The monoisotopic (exact) mass is 231 g/mol. The van der Waals surface area contributed by atoms with Crippen molar-refractivity contribution in [2.45, 2.75) is 33.1 Å². The third kappa shape index (κ3) is 2.92. The molecule has 0 aliphatic heterocycles. The van der Waals surface area contributed by atoms with Crippen molar-refractivity contribution in [2.24, 2.45) is 0 Å². The zero-order valence-corrected chi connectivity index (χ0v) is 10.7. The zero-order chi connectivity index (χ0) is 11.4. The zero-order valence-electron chi connectivity index (χ0n) is 9.86.